The van der Waals surface area contributed by atoms with E-state index < -0.39 is 53.8 Å². The van der Waals surface area contributed by atoms with E-state index in [1.54, 1.807) is 0 Å². The van der Waals surface area contributed by atoms with Crippen LogP contribution in [0, 0.1) is 11.8 Å². The Balaban J connectivity index is 5.52. The van der Waals surface area contributed by atoms with Crippen molar-refractivity contribution < 1.29 is 34.2 Å². The van der Waals surface area contributed by atoms with E-state index in [0.29, 0.717) is 12.2 Å². The van der Waals surface area contributed by atoms with Gasteiger partial charge in [0.05, 0.1) is 6.04 Å². The number of carbonyl (C=O) groups excluding carboxylic acids is 3. The number of carboxylic acid groups (broad SMARTS) is 2. The van der Waals surface area contributed by atoms with Gasteiger partial charge in [0, 0.05) is 6.42 Å². The smallest absolute Gasteiger partial charge is 0.326 e. The highest BCUT2D eigenvalue weighted by atomic mass is 32.2. The van der Waals surface area contributed by atoms with E-state index in [1.165, 1.54) is 11.8 Å². The lowest BCUT2D eigenvalue weighted by Crippen LogP contribution is -2.57. The fourth-order valence-electron chi connectivity index (χ4n) is 3.13. The monoisotopic (exact) mass is 504 g/mol. The van der Waals surface area contributed by atoms with Gasteiger partial charge in [0.1, 0.15) is 18.1 Å². The van der Waals surface area contributed by atoms with Gasteiger partial charge < -0.3 is 31.9 Å². The van der Waals surface area contributed by atoms with Crippen LogP contribution in [0.4, 0.5) is 0 Å². The molecule has 7 N–H and O–H groups in total. The molecule has 12 heteroatoms. The molecule has 34 heavy (non-hydrogen) atoms. The third-order valence-electron chi connectivity index (χ3n) is 4.91. The summed E-state index contributed by atoms with van der Waals surface area (Å²) in [6.07, 6.45) is 2.11. The molecule has 4 unspecified atom stereocenters. The molecule has 0 aliphatic heterocycles. The zero-order valence-electron chi connectivity index (χ0n) is 20.6. The van der Waals surface area contributed by atoms with Crippen molar-refractivity contribution in [2.45, 2.75) is 84.0 Å². The molecule has 0 rings (SSSR count). The first-order valence-electron chi connectivity index (χ1n) is 11.4. The first-order valence-corrected chi connectivity index (χ1v) is 12.8. The van der Waals surface area contributed by atoms with E-state index in [1.807, 2.05) is 34.0 Å². The minimum Gasteiger partial charge on any atom is -0.481 e. The van der Waals surface area contributed by atoms with Crippen LogP contribution in [0.15, 0.2) is 0 Å². The highest BCUT2D eigenvalue weighted by Gasteiger charge is 2.31. The topological polar surface area (TPSA) is 188 Å². The Morgan fingerprint density at radius 2 is 1.24 bits per heavy atom. The van der Waals surface area contributed by atoms with Gasteiger partial charge in [-0.15, -0.1) is 0 Å². The van der Waals surface area contributed by atoms with Crippen LogP contribution in [-0.2, 0) is 24.0 Å². The molecule has 0 radical (unpaired) electrons. The lowest BCUT2D eigenvalue weighted by atomic mass is 10.00. The molecule has 11 nitrogen and oxygen atoms in total. The Hall–Kier alpha value is -2.34. The third-order valence-corrected chi connectivity index (χ3v) is 5.56. The maximum atomic E-state index is 13.0. The quantitative estimate of drug-likeness (QED) is 0.164. The van der Waals surface area contributed by atoms with Gasteiger partial charge in [0.2, 0.25) is 17.7 Å². The molecule has 0 spiro atoms. The second kappa shape index (κ2) is 16.3. The number of rotatable bonds is 17. The van der Waals surface area contributed by atoms with E-state index in [4.69, 9.17) is 10.8 Å². The average Bonchev–Trinajstić information content (AvgIpc) is 2.72. The zero-order valence-corrected chi connectivity index (χ0v) is 21.4. The molecular formula is C22H40N4O7S. The molecule has 0 bridgehead atoms. The van der Waals surface area contributed by atoms with Crippen LogP contribution >= 0.6 is 11.8 Å². The lowest BCUT2D eigenvalue weighted by molar-refractivity contribution is -0.143. The summed E-state index contributed by atoms with van der Waals surface area (Å²) in [5.74, 6) is -3.67. The van der Waals surface area contributed by atoms with Crippen molar-refractivity contribution in [2.75, 3.05) is 12.0 Å². The maximum absolute atomic E-state index is 13.0. The van der Waals surface area contributed by atoms with Crippen LogP contribution in [0.25, 0.3) is 0 Å². The molecule has 0 aromatic rings. The molecule has 0 saturated carbocycles. The molecule has 0 aromatic carbocycles. The van der Waals surface area contributed by atoms with Crippen molar-refractivity contribution in [3.8, 4) is 0 Å². The molecule has 0 heterocycles. The summed E-state index contributed by atoms with van der Waals surface area (Å²) < 4.78 is 0. The number of carbonyl (C=O) groups is 5. The maximum Gasteiger partial charge on any atom is 0.326 e. The number of thioether (sulfide) groups is 1. The Morgan fingerprint density at radius 3 is 1.71 bits per heavy atom. The van der Waals surface area contributed by atoms with Crippen molar-refractivity contribution in [1.29, 1.82) is 0 Å². The molecule has 196 valence electrons. The normalized spacial score (nSPS) is 14.7. The largest absolute Gasteiger partial charge is 0.481 e. The van der Waals surface area contributed by atoms with Gasteiger partial charge in [-0.25, -0.2) is 4.79 Å². The van der Waals surface area contributed by atoms with Gasteiger partial charge in [-0.1, -0.05) is 27.7 Å². The Bertz CT molecular complexity index is 703. The van der Waals surface area contributed by atoms with Gasteiger partial charge in [-0.3, -0.25) is 19.2 Å². The highest BCUT2D eigenvalue weighted by Crippen LogP contribution is 2.10. The standard InChI is InChI=1S/C22H40N4O7S/c1-12(2)10-16(21(31)26-17(22(32)33)11-13(3)4)25-20(30)15(6-7-18(27)28)24-19(29)14(23)8-9-34-5/h12-17H,6-11,23H2,1-5H3,(H,24,29)(H,25,30)(H,26,31)(H,27,28)(H,32,33). The van der Waals surface area contributed by atoms with Crippen molar-refractivity contribution >= 4 is 41.4 Å². The molecule has 0 aliphatic rings. The van der Waals surface area contributed by atoms with E-state index in [0.717, 1.165) is 0 Å². The van der Waals surface area contributed by atoms with Gasteiger partial charge >= 0.3 is 11.9 Å². The average molecular weight is 505 g/mol. The Kier molecular flexibility index (Phi) is 15.2. The first-order chi connectivity index (χ1) is 15.8. The van der Waals surface area contributed by atoms with E-state index in [-0.39, 0.29) is 37.5 Å². The predicted molar refractivity (Wildman–Crippen MR) is 130 cm³/mol. The summed E-state index contributed by atoms with van der Waals surface area (Å²) in [4.78, 5) is 60.8. The number of hydrogen-bond acceptors (Lipinski definition) is 7. The minimum absolute atomic E-state index is 0.0172. The minimum atomic E-state index is -1.21. The summed E-state index contributed by atoms with van der Waals surface area (Å²) in [6.45, 7) is 7.33. The van der Waals surface area contributed by atoms with E-state index >= 15 is 0 Å². The Labute approximate surface area is 205 Å². The van der Waals surface area contributed by atoms with Crippen LogP contribution in [0.3, 0.4) is 0 Å². The van der Waals surface area contributed by atoms with Crippen molar-refractivity contribution in [1.82, 2.24) is 16.0 Å². The number of amides is 3. The second-order valence-electron chi connectivity index (χ2n) is 9.10. The van der Waals surface area contributed by atoms with Crippen LogP contribution in [0.1, 0.15) is 59.8 Å². The summed E-state index contributed by atoms with van der Waals surface area (Å²) in [7, 11) is 0. The van der Waals surface area contributed by atoms with Crippen LogP contribution in [-0.4, -0.2) is 76.0 Å². The van der Waals surface area contributed by atoms with Crippen LogP contribution < -0.4 is 21.7 Å². The van der Waals surface area contributed by atoms with Gasteiger partial charge in [0.25, 0.3) is 0 Å². The first kappa shape index (κ1) is 31.7. The van der Waals surface area contributed by atoms with Gasteiger partial charge in [0.15, 0.2) is 0 Å². The molecule has 4 atom stereocenters. The number of carboxylic acids is 2. The second-order valence-corrected chi connectivity index (χ2v) is 10.1. The molecular weight excluding hydrogens is 464 g/mol. The zero-order chi connectivity index (χ0) is 26.4. The fourth-order valence-corrected chi connectivity index (χ4v) is 3.62. The third kappa shape index (κ3) is 13.4. The molecule has 3 amide bonds. The number of hydrogen-bond donors (Lipinski definition) is 6. The summed E-state index contributed by atoms with van der Waals surface area (Å²) in [5, 5.41) is 26.0. The van der Waals surface area contributed by atoms with Crippen LogP contribution in [0.5, 0.6) is 0 Å². The molecule has 0 aromatic heterocycles. The fraction of sp³-hybridized carbons (Fsp3) is 0.773. The van der Waals surface area contributed by atoms with Crippen molar-refractivity contribution in [3.63, 3.8) is 0 Å². The van der Waals surface area contributed by atoms with E-state index in [2.05, 4.69) is 16.0 Å². The van der Waals surface area contributed by atoms with E-state index in [9.17, 15) is 29.1 Å². The highest BCUT2D eigenvalue weighted by molar-refractivity contribution is 7.98. The van der Waals surface area contributed by atoms with Gasteiger partial charge in [-0.05, 0) is 49.5 Å². The Morgan fingerprint density at radius 1 is 0.765 bits per heavy atom. The molecule has 0 saturated heterocycles. The molecule has 0 fully saturated rings. The van der Waals surface area contributed by atoms with Crippen LogP contribution in [0.2, 0.25) is 0 Å². The number of nitrogens with two attached hydrogens (primary N) is 1. The number of aliphatic carboxylic acids is 2. The van der Waals surface area contributed by atoms with Gasteiger partial charge in [-0.2, -0.15) is 11.8 Å². The summed E-state index contributed by atoms with van der Waals surface area (Å²) in [5.41, 5.74) is 5.85. The lowest BCUT2D eigenvalue weighted by Gasteiger charge is -2.26. The molecule has 0 aliphatic carbocycles. The number of nitrogens with one attached hydrogen (secondary N) is 3. The SMILES string of the molecule is CSCCC(N)C(=O)NC(CCC(=O)O)C(=O)NC(CC(C)C)C(=O)NC(CC(C)C)C(=O)O. The van der Waals surface area contributed by atoms with Crippen molar-refractivity contribution in [3.05, 3.63) is 0 Å². The summed E-state index contributed by atoms with van der Waals surface area (Å²) >= 11 is 1.51. The predicted octanol–water partition coefficient (Wildman–Crippen LogP) is 0.563. The van der Waals surface area contributed by atoms with Crippen molar-refractivity contribution in [2.24, 2.45) is 17.6 Å². The summed E-state index contributed by atoms with van der Waals surface area (Å²) in [6, 6.07) is -4.25.